The summed E-state index contributed by atoms with van der Waals surface area (Å²) in [7, 11) is 0. The summed E-state index contributed by atoms with van der Waals surface area (Å²) in [5, 5.41) is 0. The number of fused-ring (bicyclic) bond motifs is 3. The Kier molecular flexibility index (Phi) is 6.22. The predicted octanol–water partition coefficient (Wildman–Crippen LogP) is 3.72. The van der Waals surface area contributed by atoms with Crippen molar-refractivity contribution < 1.29 is 14.3 Å². The normalized spacial score (nSPS) is 28.1. The topological polar surface area (TPSA) is 42.0 Å². The summed E-state index contributed by atoms with van der Waals surface area (Å²) in [5.74, 6) is 2.16. The Bertz CT molecular complexity index is 666. The van der Waals surface area contributed by atoms with Crippen LogP contribution >= 0.6 is 0 Å². The highest BCUT2D eigenvalue weighted by molar-refractivity contribution is 5.97. The average Bonchev–Trinajstić information content (AvgIpc) is 2.92. The van der Waals surface area contributed by atoms with Gasteiger partial charge in [-0.1, -0.05) is 19.1 Å². The van der Waals surface area contributed by atoms with Gasteiger partial charge < -0.3 is 14.4 Å². The highest BCUT2D eigenvalue weighted by Gasteiger charge is 2.41. The number of benzene rings is 1. The van der Waals surface area contributed by atoms with Crippen LogP contribution in [0.2, 0.25) is 0 Å². The number of carbonyl (C=O) groups excluding carboxylic acids is 1. The Labute approximate surface area is 169 Å². The number of hydrogen-bond donors (Lipinski definition) is 0. The van der Waals surface area contributed by atoms with Crippen molar-refractivity contribution in [1.82, 2.24) is 4.90 Å². The van der Waals surface area contributed by atoms with Gasteiger partial charge in [-0.15, -0.1) is 0 Å². The fourth-order valence-electron chi connectivity index (χ4n) is 5.40. The molecule has 0 spiro atoms. The molecule has 0 saturated carbocycles. The second-order valence-corrected chi connectivity index (χ2v) is 8.77. The molecule has 1 aromatic rings. The molecular weight excluding hydrogens is 352 g/mol. The first kappa shape index (κ1) is 19.7. The van der Waals surface area contributed by atoms with Crippen molar-refractivity contribution in [3.05, 3.63) is 24.3 Å². The van der Waals surface area contributed by atoms with Gasteiger partial charge in [0.05, 0.1) is 5.69 Å². The van der Waals surface area contributed by atoms with Crippen molar-refractivity contribution in [2.45, 2.75) is 58.0 Å². The molecule has 0 N–H and O–H groups in total. The molecule has 3 unspecified atom stereocenters. The van der Waals surface area contributed by atoms with E-state index in [2.05, 4.69) is 18.7 Å². The summed E-state index contributed by atoms with van der Waals surface area (Å²) in [5.41, 5.74) is 0.920. The zero-order valence-electron chi connectivity index (χ0n) is 17.3. The van der Waals surface area contributed by atoms with Gasteiger partial charge in [0, 0.05) is 38.4 Å². The van der Waals surface area contributed by atoms with Crippen LogP contribution in [0, 0.1) is 11.8 Å². The molecule has 154 valence electrons. The first-order valence-corrected chi connectivity index (χ1v) is 11.0. The smallest absolute Gasteiger partial charge is 0.265 e. The van der Waals surface area contributed by atoms with E-state index in [0.717, 1.165) is 55.7 Å². The Morgan fingerprint density at radius 1 is 1.18 bits per heavy atom. The molecule has 3 aliphatic rings. The highest BCUT2D eigenvalue weighted by atomic mass is 16.5. The summed E-state index contributed by atoms with van der Waals surface area (Å²) < 4.78 is 11.2. The molecule has 4 atom stereocenters. The van der Waals surface area contributed by atoms with Crippen LogP contribution in [0.15, 0.2) is 24.3 Å². The van der Waals surface area contributed by atoms with E-state index >= 15 is 0 Å². The predicted molar refractivity (Wildman–Crippen MR) is 111 cm³/mol. The quantitative estimate of drug-likeness (QED) is 0.639. The van der Waals surface area contributed by atoms with Gasteiger partial charge in [-0.05, 0) is 63.0 Å². The van der Waals surface area contributed by atoms with Crippen molar-refractivity contribution in [2.75, 3.05) is 37.8 Å². The molecule has 1 aromatic carbocycles. The molecule has 1 amide bonds. The van der Waals surface area contributed by atoms with Crippen LogP contribution in [0.4, 0.5) is 5.69 Å². The lowest BCUT2D eigenvalue weighted by molar-refractivity contribution is -0.121. The van der Waals surface area contributed by atoms with Crippen molar-refractivity contribution in [3.8, 4) is 5.75 Å². The van der Waals surface area contributed by atoms with Crippen LogP contribution in [-0.4, -0.2) is 55.8 Å². The lowest BCUT2D eigenvalue weighted by Gasteiger charge is -2.41. The van der Waals surface area contributed by atoms with E-state index in [-0.39, 0.29) is 12.5 Å². The molecule has 0 aromatic heterocycles. The summed E-state index contributed by atoms with van der Waals surface area (Å²) in [6.07, 6.45) is 6.51. The maximum absolute atomic E-state index is 12.5. The highest BCUT2D eigenvalue weighted by Crippen LogP contribution is 2.40. The van der Waals surface area contributed by atoms with Gasteiger partial charge in [0.25, 0.3) is 5.91 Å². The molecule has 3 aliphatic heterocycles. The Balaban J connectivity index is 1.34. The molecule has 5 nitrogen and oxygen atoms in total. The number of carbonyl (C=O) groups is 1. The van der Waals surface area contributed by atoms with E-state index < -0.39 is 0 Å². The van der Waals surface area contributed by atoms with Crippen LogP contribution in [0.1, 0.15) is 46.0 Å². The minimum absolute atomic E-state index is 0.0724. The zero-order valence-corrected chi connectivity index (χ0v) is 17.3. The second-order valence-electron chi connectivity index (χ2n) is 8.77. The molecule has 2 bridgehead atoms. The number of piperidine rings is 1. The van der Waals surface area contributed by atoms with Crippen LogP contribution in [0.5, 0.6) is 5.75 Å². The van der Waals surface area contributed by atoms with Crippen LogP contribution in [0.25, 0.3) is 0 Å². The first-order chi connectivity index (χ1) is 13.7. The number of rotatable bonds is 8. The van der Waals surface area contributed by atoms with Gasteiger partial charge in [-0.2, -0.15) is 0 Å². The Morgan fingerprint density at radius 3 is 2.68 bits per heavy atom. The van der Waals surface area contributed by atoms with E-state index in [1.54, 1.807) is 0 Å². The maximum atomic E-state index is 12.5. The Morgan fingerprint density at radius 2 is 1.93 bits per heavy atom. The first-order valence-electron chi connectivity index (χ1n) is 11.0. The summed E-state index contributed by atoms with van der Waals surface area (Å²) in [6.45, 7) is 8.10. The van der Waals surface area contributed by atoms with Crippen molar-refractivity contribution in [3.63, 3.8) is 0 Å². The number of nitrogens with zero attached hydrogens (tertiary/aromatic N) is 2. The second kappa shape index (κ2) is 8.83. The number of ether oxygens (including phenoxy) is 2. The maximum Gasteiger partial charge on any atom is 0.265 e. The number of para-hydroxylation sites is 2. The van der Waals surface area contributed by atoms with Crippen molar-refractivity contribution >= 4 is 11.6 Å². The van der Waals surface area contributed by atoms with Gasteiger partial charge in [-0.25, -0.2) is 0 Å². The van der Waals surface area contributed by atoms with Crippen LogP contribution in [-0.2, 0) is 9.53 Å². The zero-order chi connectivity index (χ0) is 19.5. The van der Waals surface area contributed by atoms with E-state index in [9.17, 15) is 4.79 Å². The van der Waals surface area contributed by atoms with E-state index in [1.807, 2.05) is 29.2 Å². The molecule has 2 fully saturated rings. The average molecular weight is 387 g/mol. The Hall–Kier alpha value is -1.59. The molecule has 0 aliphatic carbocycles. The third kappa shape index (κ3) is 4.20. The molecular formula is C23H34N2O3. The number of hydrogen-bond acceptors (Lipinski definition) is 4. The van der Waals surface area contributed by atoms with E-state index in [4.69, 9.17) is 9.47 Å². The summed E-state index contributed by atoms with van der Waals surface area (Å²) in [6, 6.07) is 9.33. The minimum Gasteiger partial charge on any atom is -0.482 e. The molecule has 5 heteroatoms. The van der Waals surface area contributed by atoms with Gasteiger partial charge in [0.2, 0.25) is 0 Å². The van der Waals surface area contributed by atoms with Crippen LogP contribution < -0.4 is 9.64 Å². The number of amides is 1. The molecule has 4 rings (SSSR count). The van der Waals surface area contributed by atoms with Gasteiger partial charge in [0.1, 0.15) is 5.75 Å². The number of anilines is 1. The monoisotopic (exact) mass is 386 g/mol. The van der Waals surface area contributed by atoms with E-state index in [1.165, 1.54) is 32.1 Å². The molecule has 2 saturated heterocycles. The largest absolute Gasteiger partial charge is 0.482 e. The fraction of sp³-hybridized carbons (Fsp3) is 0.696. The third-order valence-corrected chi connectivity index (χ3v) is 6.68. The van der Waals surface area contributed by atoms with Gasteiger partial charge in [0.15, 0.2) is 6.61 Å². The van der Waals surface area contributed by atoms with Crippen LogP contribution in [0.3, 0.4) is 0 Å². The van der Waals surface area contributed by atoms with Gasteiger partial charge in [-0.3, -0.25) is 9.69 Å². The molecule has 3 heterocycles. The van der Waals surface area contributed by atoms with Gasteiger partial charge >= 0.3 is 0 Å². The summed E-state index contributed by atoms with van der Waals surface area (Å²) >= 11 is 0. The fourth-order valence-corrected chi connectivity index (χ4v) is 5.40. The third-order valence-electron chi connectivity index (χ3n) is 6.68. The SMILES string of the molecule is CCOCCC1CC2CC[C@@H](C1)N2CC(C)CN1C(=O)COc2ccccc21. The minimum atomic E-state index is 0.0724. The van der Waals surface area contributed by atoms with E-state index in [0.29, 0.717) is 5.92 Å². The standard InChI is InChI=1S/C23H34N2O3/c1-3-27-11-10-18-12-19-8-9-20(13-18)24(19)14-17(2)15-25-21-6-4-5-7-22(21)28-16-23(25)26/h4-7,17-20H,3,8-16H2,1-2H3/t17?,18?,19-,20?/m0/s1. The van der Waals surface area contributed by atoms with Crippen molar-refractivity contribution in [2.24, 2.45) is 11.8 Å². The van der Waals surface area contributed by atoms with Crippen molar-refractivity contribution in [1.29, 1.82) is 0 Å². The molecule has 28 heavy (non-hydrogen) atoms. The molecule has 0 radical (unpaired) electrons. The summed E-state index contributed by atoms with van der Waals surface area (Å²) in [4.78, 5) is 17.1. The lowest BCUT2D eigenvalue weighted by atomic mass is 9.88. The lowest BCUT2D eigenvalue weighted by Crippen LogP contribution is -2.48.